The smallest absolute Gasteiger partial charge is 0.311 e. The minimum absolute atomic E-state index is 0.0255. The molecule has 2 aliphatic heterocycles. The summed E-state index contributed by atoms with van der Waals surface area (Å²) in [5, 5.41) is 0. The maximum absolute atomic E-state index is 14.1. The fourth-order valence-electron chi connectivity index (χ4n) is 8.65. The number of carbonyl (C=O) groups excluding carboxylic acids is 1. The van der Waals surface area contributed by atoms with E-state index in [0.717, 1.165) is 18.2 Å². The molecule has 2 atom stereocenters. The van der Waals surface area contributed by atoms with Crippen molar-refractivity contribution >= 4 is 63.5 Å². The fraction of sp³-hybridized carbons (Fsp3) is 0.409. The topological polar surface area (TPSA) is 271 Å². The number of benzene rings is 3. The first kappa shape index (κ1) is 55.1. The molecule has 17 nitrogen and oxygen atoms in total. The number of anilines is 1. The van der Waals surface area contributed by atoms with Crippen molar-refractivity contribution in [3.63, 3.8) is 0 Å². The van der Waals surface area contributed by atoms with Crippen LogP contribution in [-0.2, 0) is 60.8 Å². The normalized spacial score (nSPS) is 19.3. The number of nitrogens with zero attached hydrogens (tertiary/aromatic N) is 2. The number of methoxy groups -OCH3 is 1. The van der Waals surface area contributed by atoms with Crippen LogP contribution in [0.4, 0.5) is 28.9 Å². The van der Waals surface area contributed by atoms with Gasteiger partial charge >= 0.3 is 5.97 Å². The van der Waals surface area contributed by atoms with Crippen molar-refractivity contribution in [3.05, 3.63) is 113 Å². The lowest BCUT2D eigenvalue weighted by molar-refractivity contribution is -0.438. The van der Waals surface area contributed by atoms with Crippen molar-refractivity contribution in [1.82, 2.24) is 0 Å². The van der Waals surface area contributed by atoms with Gasteiger partial charge in [0, 0.05) is 78.6 Å². The van der Waals surface area contributed by atoms with Crippen LogP contribution in [0.3, 0.4) is 0 Å². The molecule has 25 heteroatoms. The molecular formula is C44H47F4N2O15S4-3. The Morgan fingerprint density at radius 2 is 1.28 bits per heavy atom. The second kappa shape index (κ2) is 21.6. The van der Waals surface area contributed by atoms with Gasteiger partial charge < -0.3 is 32.6 Å². The summed E-state index contributed by atoms with van der Waals surface area (Å²) < 4.78 is 210. The summed E-state index contributed by atoms with van der Waals surface area (Å²) >= 11 is 0. The Balaban J connectivity index is 1.52. The molecule has 0 bridgehead atoms. The largest absolute Gasteiger partial charge is 0.748 e. The van der Waals surface area contributed by atoms with E-state index in [1.807, 2.05) is 0 Å². The van der Waals surface area contributed by atoms with E-state index in [1.165, 1.54) is 25.3 Å². The van der Waals surface area contributed by atoms with Gasteiger partial charge in [0.05, 0.1) is 42.0 Å². The summed E-state index contributed by atoms with van der Waals surface area (Å²) in [6.07, 6.45) is 7.83. The molecule has 3 aromatic carbocycles. The molecule has 0 spiro atoms. The molecule has 5 rings (SSSR count). The van der Waals surface area contributed by atoms with Gasteiger partial charge in [0.15, 0.2) is 17.3 Å². The van der Waals surface area contributed by atoms with Crippen molar-refractivity contribution in [2.24, 2.45) is 0 Å². The Morgan fingerprint density at radius 1 is 0.710 bits per heavy atom. The van der Waals surface area contributed by atoms with E-state index in [9.17, 15) is 74.2 Å². The fourth-order valence-corrected chi connectivity index (χ4v) is 10.6. The van der Waals surface area contributed by atoms with E-state index in [0.29, 0.717) is 33.9 Å². The van der Waals surface area contributed by atoms with Crippen LogP contribution in [0.2, 0.25) is 0 Å². The number of halogens is 4. The first-order valence-corrected chi connectivity index (χ1v) is 27.1. The second-order valence-corrected chi connectivity index (χ2v) is 22.5. The number of allylic oxidation sites excluding steroid dienone is 6. The maximum atomic E-state index is 14.1. The highest BCUT2D eigenvalue weighted by atomic mass is 32.2. The number of hydrogen-bond acceptors (Lipinski definition) is 16. The monoisotopic (exact) mass is 1050 g/mol. The standard InChI is InChI=1S/C44H50F4N2O15S4/c1-43(19-10-24-66(52,53)54)31-26-29(68(58,59)60)15-17-35(31)49(21-9-5-8-14-39(51)65-42-40(47)33(45)28-34(46)41(42)48)37(43)12-6-4-7-13-38-44(2,20-11-25-67(55,56)57)32-27-30(69(61,62)63)16-18-36(32)50(38)22-23-64-3/h4,6-7,12-13,15-18,26-28H,5,8-11,14,19-25H2,1-3H3,(H3-,52,53,54,55,56,57,58,59,60,61,62,63)/p-3. The van der Waals surface area contributed by atoms with Crippen LogP contribution in [0.15, 0.2) is 88.3 Å². The van der Waals surface area contributed by atoms with Crippen LogP contribution in [0.1, 0.15) is 76.3 Å². The van der Waals surface area contributed by atoms with Gasteiger partial charge in [-0.2, -0.15) is 13.4 Å². The molecule has 2 aliphatic rings. The zero-order chi connectivity index (χ0) is 51.3. The molecule has 0 fully saturated rings. The zero-order valence-electron chi connectivity index (χ0n) is 37.3. The number of fused-ring (bicyclic) bond motifs is 2. The molecule has 0 aromatic heterocycles. The van der Waals surface area contributed by atoms with Crippen LogP contribution >= 0.6 is 0 Å². The lowest BCUT2D eigenvalue weighted by Gasteiger charge is -2.30. The highest BCUT2D eigenvalue weighted by Crippen LogP contribution is 2.51. The van der Waals surface area contributed by atoms with E-state index >= 15 is 0 Å². The summed E-state index contributed by atoms with van der Waals surface area (Å²) in [5.74, 6) is -11.6. The van der Waals surface area contributed by atoms with Crippen LogP contribution < -0.4 is 9.64 Å². The number of rotatable bonds is 23. The first-order valence-electron chi connectivity index (χ1n) is 21.1. The Kier molecular flexibility index (Phi) is 17.3. The number of esters is 1. The van der Waals surface area contributed by atoms with Gasteiger partial charge in [0.25, 0.3) is 0 Å². The van der Waals surface area contributed by atoms with Gasteiger partial charge in [-0.05, 0) is 94.3 Å². The summed E-state index contributed by atoms with van der Waals surface area (Å²) in [6.45, 7) is 3.88. The second-order valence-electron chi connectivity index (χ2n) is 16.7. The van der Waals surface area contributed by atoms with E-state index in [4.69, 9.17) is 4.74 Å². The maximum Gasteiger partial charge on any atom is 0.311 e. The summed E-state index contributed by atoms with van der Waals surface area (Å²) in [7, 11) is -17.8. The molecular weight excluding hydrogens is 1000 g/mol. The van der Waals surface area contributed by atoms with Gasteiger partial charge in [-0.1, -0.05) is 18.2 Å². The van der Waals surface area contributed by atoms with Crippen LogP contribution in [0.5, 0.6) is 5.75 Å². The molecule has 0 amide bonds. The van der Waals surface area contributed by atoms with Crippen LogP contribution in [0, 0.1) is 23.3 Å². The van der Waals surface area contributed by atoms with E-state index in [1.54, 1.807) is 53.7 Å². The molecule has 2 heterocycles. The predicted molar refractivity (Wildman–Crippen MR) is 237 cm³/mol. The number of carbonyl (C=O) groups is 1. The molecule has 378 valence electrons. The average Bonchev–Trinajstić information content (AvgIpc) is 3.61. The first-order chi connectivity index (χ1) is 32.0. The van der Waals surface area contributed by atoms with E-state index < -0.39 is 114 Å². The predicted octanol–water partition coefficient (Wildman–Crippen LogP) is 5.64. The molecule has 69 heavy (non-hydrogen) atoms. The van der Waals surface area contributed by atoms with Crippen molar-refractivity contribution in [3.8, 4) is 5.75 Å². The van der Waals surface area contributed by atoms with Gasteiger partial charge in [-0.25, -0.2) is 42.5 Å². The van der Waals surface area contributed by atoms with Crippen molar-refractivity contribution < 1.29 is 88.3 Å². The zero-order valence-corrected chi connectivity index (χ0v) is 40.5. The van der Waals surface area contributed by atoms with Gasteiger partial charge in [-0.3, -0.25) is 4.79 Å². The average molecular weight is 1050 g/mol. The van der Waals surface area contributed by atoms with Crippen LogP contribution in [-0.4, -0.2) is 106 Å². The summed E-state index contributed by atoms with van der Waals surface area (Å²) in [4.78, 5) is 13.1. The Hall–Kier alpha value is -4.86. The van der Waals surface area contributed by atoms with E-state index in [-0.39, 0.29) is 70.7 Å². The minimum Gasteiger partial charge on any atom is -0.748 e. The van der Waals surface area contributed by atoms with Crippen molar-refractivity contribution in [2.45, 2.75) is 85.8 Å². The number of hydrogen-bond donors (Lipinski definition) is 0. The third-order valence-electron chi connectivity index (χ3n) is 11.9. The minimum atomic E-state index is -5.01. The molecule has 2 unspecified atom stereocenters. The number of unbranched alkanes of at least 4 members (excludes halogenated alkanes) is 2. The molecule has 0 radical (unpaired) electrons. The third-order valence-corrected chi connectivity index (χ3v) is 15.2. The highest BCUT2D eigenvalue weighted by Gasteiger charge is 2.48. The van der Waals surface area contributed by atoms with Gasteiger partial charge in [0.2, 0.25) is 23.1 Å². The summed E-state index contributed by atoms with van der Waals surface area (Å²) in [5.41, 5.74) is 0.149. The molecule has 0 saturated heterocycles. The van der Waals surface area contributed by atoms with Crippen LogP contribution in [0.25, 0.3) is 0 Å². The van der Waals surface area contributed by atoms with Crippen molar-refractivity contribution in [2.75, 3.05) is 43.2 Å². The number of ether oxygens (including phenoxy) is 2. The Labute approximate surface area is 397 Å². The van der Waals surface area contributed by atoms with Crippen molar-refractivity contribution in [1.29, 1.82) is 0 Å². The molecule has 0 aliphatic carbocycles. The quantitative estimate of drug-likeness (QED) is 0.0162. The Bertz CT molecular complexity index is 3040. The molecule has 0 saturated carbocycles. The summed E-state index contributed by atoms with van der Waals surface area (Å²) in [6, 6.07) is 7.39. The third kappa shape index (κ3) is 13.3. The van der Waals surface area contributed by atoms with Gasteiger partial charge in [-0.15, -0.1) is 0 Å². The SMILES string of the molecule is COCCN1/C(=C/C=C/C=C/C2=[N+](CCCCCC(=O)Oc3c(F)c(F)cc(F)c3F)c3ccc(S(=O)(=O)[O-])cc3C2(C)CCCS(=O)(=O)[O-])C(C)(CCCS(=O)(=O)[O-])c2cc(S(=O)(=O)[O-])ccc21. The molecule has 3 aromatic rings. The highest BCUT2D eigenvalue weighted by molar-refractivity contribution is 7.86. The lowest BCUT2D eigenvalue weighted by atomic mass is 9.76. The lowest BCUT2D eigenvalue weighted by Crippen LogP contribution is -2.32. The Morgan fingerprint density at radius 3 is 1.84 bits per heavy atom. The molecule has 0 N–H and O–H groups in total. The van der Waals surface area contributed by atoms with Gasteiger partial charge in [0.1, 0.15) is 26.8 Å². The van der Waals surface area contributed by atoms with E-state index in [2.05, 4.69) is 4.74 Å².